The van der Waals surface area contributed by atoms with E-state index in [0.717, 1.165) is 57.6 Å². The van der Waals surface area contributed by atoms with Crippen molar-refractivity contribution in [2.75, 3.05) is 38.6 Å². The Bertz CT molecular complexity index is 977. The number of anilines is 1. The van der Waals surface area contributed by atoms with E-state index in [1.165, 1.54) is 0 Å². The fourth-order valence-corrected chi connectivity index (χ4v) is 4.38. The van der Waals surface area contributed by atoms with Gasteiger partial charge < -0.3 is 15.0 Å². The highest BCUT2D eigenvalue weighted by molar-refractivity contribution is 7.24. The molecule has 1 N–H and O–H groups in total. The van der Waals surface area contributed by atoms with Crippen molar-refractivity contribution in [3.63, 3.8) is 0 Å². The molecule has 0 aliphatic carbocycles. The molecule has 138 valence electrons. The summed E-state index contributed by atoms with van der Waals surface area (Å²) in [5, 5.41) is 4.99. The number of ether oxygens (including phenoxy) is 1. The molecule has 0 saturated carbocycles. The number of fused-ring (bicyclic) bond motifs is 2. The first-order valence-electron chi connectivity index (χ1n) is 9.09. The number of likely N-dealkylation sites (N-methyl/N-ethyl adjacent to an activating group) is 1. The smallest absolute Gasteiger partial charge is 0.198 e. The van der Waals surface area contributed by atoms with Gasteiger partial charge in [-0.25, -0.2) is 0 Å². The van der Waals surface area contributed by atoms with Gasteiger partial charge in [0.2, 0.25) is 0 Å². The monoisotopic (exact) mass is 370 g/mol. The van der Waals surface area contributed by atoms with Crippen molar-refractivity contribution in [2.45, 2.75) is 20.8 Å². The lowest BCUT2D eigenvalue weighted by Crippen LogP contribution is -2.28. The Morgan fingerprint density at radius 1 is 1.15 bits per heavy atom. The molecule has 1 heterocycles. The third-order valence-corrected chi connectivity index (χ3v) is 6.17. The third-order valence-electron chi connectivity index (χ3n) is 4.86. The molecule has 26 heavy (non-hydrogen) atoms. The molecule has 2 aromatic carbocycles. The number of methoxy groups -OCH3 is 1. The summed E-state index contributed by atoms with van der Waals surface area (Å²) in [7, 11) is 1.63. The van der Waals surface area contributed by atoms with Crippen LogP contribution in [0.2, 0.25) is 0 Å². The van der Waals surface area contributed by atoms with Crippen molar-refractivity contribution in [3.8, 4) is 5.75 Å². The number of rotatable bonds is 7. The van der Waals surface area contributed by atoms with Gasteiger partial charge in [0.05, 0.1) is 12.5 Å². The summed E-state index contributed by atoms with van der Waals surface area (Å²) in [5.41, 5.74) is 2.12. The average molecular weight is 371 g/mol. The number of benzene rings is 2. The van der Waals surface area contributed by atoms with Gasteiger partial charge in [-0.2, -0.15) is 0 Å². The molecule has 0 saturated heterocycles. The molecule has 3 aromatic rings. The molecule has 0 spiro atoms. The van der Waals surface area contributed by atoms with Crippen LogP contribution in [-0.4, -0.2) is 38.2 Å². The molecular formula is C21H26N2O2S. The summed E-state index contributed by atoms with van der Waals surface area (Å²) >= 11 is 1.67. The topological polar surface area (TPSA) is 41.6 Å². The minimum Gasteiger partial charge on any atom is -0.497 e. The number of hydrogen-bond acceptors (Lipinski definition) is 5. The molecule has 0 amide bonds. The van der Waals surface area contributed by atoms with Crippen LogP contribution >= 0.6 is 11.3 Å². The van der Waals surface area contributed by atoms with Gasteiger partial charge in [-0.05, 0) is 49.8 Å². The first kappa shape index (κ1) is 18.7. The van der Waals surface area contributed by atoms with Gasteiger partial charge in [-0.1, -0.05) is 19.9 Å². The summed E-state index contributed by atoms with van der Waals surface area (Å²) in [4.78, 5) is 15.6. The highest BCUT2D eigenvalue weighted by Gasteiger charge is 2.13. The maximum absolute atomic E-state index is 13.2. The van der Waals surface area contributed by atoms with Crippen LogP contribution in [0.1, 0.15) is 19.4 Å². The molecule has 0 fully saturated rings. The summed E-state index contributed by atoms with van der Waals surface area (Å²) in [6, 6.07) is 9.84. The minimum atomic E-state index is 0.0710. The summed E-state index contributed by atoms with van der Waals surface area (Å²) in [5.74, 6) is 0.713. The Hall–Kier alpha value is -2.11. The Morgan fingerprint density at radius 3 is 2.62 bits per heavy atom. The molecule has 5 heteroatoms. The molecule has 0 atom stereocenters. The van der Waals surface area contributed by atoms with Crippen molar-refractivity contribution in [1.29, 1.82) is 0 Å². The standard InChI is InChI=1S/C21H26N2O2S/c1-5-23(6-2)12-11-22-17-9-7-14(3)21-19(17)20(24)16-13-15(25-4)8-10-18(16)26-21/h7-10,13,22H,5-6,11-12H2,1-4H3. The normalized spacial score (nSPS) is 11.4. The van der Waals surface area contributed by atoms with Crippen LogP contribution in [0.5, 0.6) is 5.75 Å². The summed E-state index contributed by atoms with van der Waals surface area (Å²) in [6.07, 6.45) is 0. The summed E-state index contributed by atoms with van der Waals surface area (Å²) < 4.78 is 7.35. The van der Waals surface area contributed by atoms with Crippen LogP contribution < -0.4 is 15.5 Å². The largest absolute Gasteiger partial charge is 0.497 e. The van der Waals surface area contributed by atoms with E-state index >= 15 is 0 Å². The Labute approximate surface area is 158 Å². The molecular weight excluding hydrogens is 344 g/mol. The SMILES string of the molecule is CCN(CC)CCNc1ccc(C)c2sc3ccc(OC)cc3c(=O)c12. The Balaban J connectivity index is 2.08. The van der Waals surface area contributed by atoms with Crippen molar-refractivity contribution < 1.29 is 4.74 Å². The second kappa shape index (κ2) is 8.06. The van der Waals surface area contributed by atoms with Crippen LogP contribution in [0.15, 0.2) is 35.1 Å². The Morgan fingerprint density at radius 2 is 1.92 bits per heavy atom. The molecule has 4 nitrogen and oxygen atoms in total. The van der Waals surface area contributed by atoms with E-state index in [1.54, 1.807) is 18.4 Å². The molecule has 1 aromatic heterocycles. The summed E-state index contributed by atoms with van der Waals surface area (Å²) in [6.45, 7) is 10.2. The molecule has 3 rings (SSSR count). The zero-order valence-corrected chi connectivity index (χ0v) is 16.7. The van der Waals surface area contributed by atoms with Crippen molar-refractivity contribution in [2.24, 2.45) is 0 Å². The highest BCUT2D eigenvalue weighted by Crippen LogP contribution is 2.32. The highest BCUT2D eigenvalue weighted by atomic mass is 32.1. The van der Waals surface area contributed by atoms with Crippen LogP contribution in [0.3, 0.4) is 0 Å². The van der Waals surface area contributed by atoms with Gasteiger partial charge in [0.25, 0.3) is 0 Å². The van der Waals surface area contributed by atoms with Crippen LogP contribution in [0.25, 0.3) is 20.2 Å². The van der Waals surface area contributed by atoms with E-state index in [0.29, 0.717) is 5.75 Å². The lowest BCUT2D eigenvalue weighted by Gasteiger charge is -2.19. The first-order valence-corrected chi connectivity index (χ1v) is 9.91. The first-order chi connectivity index (χ1) is 12.6. The maximum atomic E-state index is 13.2. The molecule has 0 bridgehead atoms. The van der Waals surface area contributed by atoms with Crippen LogP contribution in [0, 0.1) is 6.92 Å². The lowest BCUT2D eigenvalue weighted by atomic mass is 10.1. The number of nitrogens with one attached hydrogen (secondary N) is 1. The van der Waals surface area contributed by atoms with Gasteiger partial charge in [0.1, 0.15) is 5.75 Å². The van der Waals surface area contributed by atoms with Gasteiger partial charge in [0, 0.05) is 33.6 Å². The second-order valence-corrected chi connectivity index (χ2v) is 7.43. The number of aryl methyl sites for hydroxylation is 1. The Kier molecular flexibility index (Phi) is 5.79. The number of nitrogens with zero attached hydrogens (tertiary/aromatic N) is 1. The van der Waals surface area contributed by atoms with Crippen LogP contribution in [-0.2, 0) is 0 Å². The zero-order valence-electron chi connectivity index (χ0n) is 15.9. The van der Waals surface area contributed by atoms with Gasteiger partial charge in [0.15, 0.2) is 5.43 Å². The quantitative estimate of drug-likeness (QED) is 0.623. The zero-order chi connectivity index (χ0) is 18.7. The second-order valence-electron chi connectivity index (χ2n) is 6.38. The van der Waals surface area contributed by atoms with E-state index in [9.17, 15) is 4.79 Å². The van der Waals surface area contributed by atoms with Crippen molar-refractivity contribution in [1.82, 2.24) is 4.90 Å². The third kappa shape index (κ3) is 3.55. The van der Waals surface area contributed by atoms with Gasteiger partial charge in [-0.3, -0.25) is 4.79 Å². The fraction of sp³-hybridized carbons (Fsp3) is 0.381. The molecule has 0 unspecified atom stereocenters. The fourth-order valence-electron chi connectivity index (χ4n) is 3.23. The van der Waals surface area contributed by atoms with E-state index in [1.807, 2.05) is 24.3 Å². The minimum absolute atomic E-state index is 0.0710. The lowest BCUT2D eigenvalue weighted by molar-refractivity contribution is 0.316. The molecule has 0 radical (unpaired) electrons. The van der Waals surface area contributed by atoms with E-state index < -0.39 is 0 Å². The van der Waals surface area contributed by atoms with E-state index in [-0.39, 0.29) is 5.43 Å². The van der Waals surface area contributed by atoms with E-state index in [4.69, 9.17) is 4.74 Å². The van der Waals surface area contributed by atoms with Crippen molar-refractivity contribution in [3.05, 3.63) is 46.1 Å². The van der Waals surface area contributed by atoms with Crippen molar-refractivity contribution >= 4 is 37.2 Å². The average Bonchev–Trinajstić information content (AvgIpc) is 2.67. The van der Waals surface area contributed by atoms with Crippen LogP contribution in [0.4, 0.5) is 5.69 Å². The van der Waals surface area contributed by atoms with Gasteiger partial charge in [-0.15, -0.1) is 11.3 Å². The molecule has 0 aliphatic heterocycles. The predicted molar refractivity (Wildman–Crippen MR) is 113 cm³/mol. The predicted octanol–water partition coefficient (Wildman–Crippen LogP) is 4.49. The number of hydrogen-bond donors (Lipinski definition) is 1. The van der Waals surface area contributed by atoms with E-state index in [2.05, 4.69) is 37.1 Å². The molecule has 0 aliphatic rings. The maximum Gasteiger partial charge on any atom is 0.198 e. The van der Waals surface area contributed by atoms with Gasteiger partial charge >= 0.3 is 0 Å².